The predicted octanol–water partition coefficient (Wildman–Crippen LogP) is 5.99. The summed E-state index contributed by atoms with van der Waals surface area (Å²) in [5.74, 6) is 1.00. The van der Waals surface area contributed by atoms with E-state index in [9.17, 15) is 0 Å². The molecule has 2 fully saturated rings. The molecule has 2 aliphatic rings. The van der Waals surface area contributed by atoms with E-state index in [-0.39, 0.29) is 0 Å². The van der Waals surface area contributed by atoms with E-state index in [1.54, 1.807) is 0 Å². The number of rotatable bonds is 2. The molecular weight excluding hydrogens is 360 g/mol. The Labute approximate surface area is 163 Å². The van der Waals surface area contributed by atoms with Crippen LogP contribution in [0.15, 0.2) is 42.5 Å². The van der Waals surface area contributed by atoms with Crippen molar-refractivity contribution in [2.75, 3.05) is 7.05 Å². The van der Waals surface area contributed by atoms with Crippen molar-refractivity contribution in [2.45, 2.75) is 50.1 Å². The topological polar surface area (TPSA) is 16.1 Å². The summed E-state index contributed by atoms with van der Waals surface area (Å²) >= 11 is 8.04. The number of aromatic nitrogens is 1. The van der Waals surface area contributed by atoms with Crippen molar-refractivity contribution >= 4 is 33.2 Å². The Hall–Kier alpha value is -1.42. The van der Waals surface area contributed by atoms with Crippen molar-refractivity contribution in [1.29, 1.82) is 0 Å². The lowest BCUT2D eigenvalue weighted by molar-refractivity contribution is 0.137. The van der Waals surface area contributed by atoms with Crippen LogP contribution in [0.4, 0.5) is 0 Å². The van der Waals surface area contributed by atoms with Gasteiger partial charge in [0.2, 0.25) is 0 Å². The molecule has 2 saturated heterocycles. The van der Waals surface area contributed by atoms with Crippen molar-refractivity contribution in [2.24, 2.45) is 0 Å². The molecule has 0 radical (unpaired) electrons. The van der Waals surface area contributed by atoms with Gasteiger partial charge < -0.3 is 0 Å². The quantitative estimate of drug-likeness (QED) is 0.541. The first kappa shape index (κ1) is 16.7. The van der Waals surface area contributed by atoms with Gasteiger partial charge in [0.1, 0.15) is 0 Å². The molecule has 0 aliphatic carbocycles. The minimum absolute atomic E-state index is 0.470. The zero-order valence-corrected chi connectivity index (χ0v) is 16.7. The second-order valence-corrected chi connectivity index (χ2v) is 9.41. The number of thiazole rings is 1. The van der Waals surface area contributed by atoms with Gasteiger partial charge in [-0.1, -0.05) is 29.8 Å². The fourth-order valence-corrected chi connectivity index (χ4v) is 6.46. The molecule has 134 valence electrons. The summed E-state index contributed by atoms with van der Waals surface area (Å²) in [6.45, 7) is 2.16. The smallest absolute Gasteiger partial charge is 0.0991 e. The fraction of sp³-hybridized carbons (Fsp3) is 0.409. The van der Waals surface area contributed by atoms with Crippen LogP contribution in [0.1, 0.15) is 47.2 Å². The minimum Gasteiger partial charge on any atom is -0.300 e. The molecule has 0 spiro atoms. The standard InChI is InChI=1S/C22H23ClN2S/c1-13-3-9-18-20(11-13)26-22(24-18)21-17(14-4-6-15(23)7-5-14)12-16-8-10-19(21)25(16)2/h3-7,9,11,16-17,19,21H,8,10,12H2,1-2H3/t16-,17-,19?,21+/m1/s1. The highest BCUT2D eigenvalue weighted by atomic mass is 35.5. The Morgan fingerprint density at radius 1 is 1.12 bits per heavy atom. The fourth-order valence-electron chi connectivity index (χ4n) is 5.05. The molecule has 2 bridgehead atoms. The molecule has 2 aliphatic heterocycles. The number of nitrogens with zero attached hydrogens (tertiary/aromatic N) is 2. The monoisotopic (exact) mass is 382 g/mol. The van der Waals surface area contributed by atoms with Crippen molar-refractivity contribution in [3.05, 3.63) is 63.6 Å². The Bertz CT molecular complexity index is 948. The lowest BCUT2D eigenvalue weighted by atomic mass is 9.76. The first-order valence-electron chi connectivity index (χ1n) is 9.44. The van der Waals surface area contributed by atoms with Crippen molar-refractivity contribution in [3.8, 4) is 0 Å². The van der Waals surface area contributed by atoms with Crippen LogP contribution in [0.5, 0.6) is 0 Å². The maximum Gasteiger partial charge on any atom is 0.0991 e. The average Bonchev–Trinajstić information content (AvgIpc) is 3.13. The second-order valence-electron chi connectivity index (χ2n) is 7.91. The van der Waals surface area contributed by atoms with E-state index in [0.29, 0.717) is 23.9 Å². The molecule has 26 heavy (non-hydrogen) atoms. The molecule has 5 rings (SSSR count). The Morgan fingerprint density at radius 2 is 1.92 bits per heavy atom. The highest BCUT2D eigenvalue weighted by Gasteiger charge is 2.47. The van der Waals surface area contributed by atoms with Crippen LogP contribution in [0.25, 0.3) is 10.2 Å². The summed E-state index contributed by atoms with van der Waals surface area (Å²) in [6, 6.07) is 16.4. The van der Waals surface area contributed by atoms with Crippen molar-refractivity contribution in [3.63, 3.8) is 0 Å². The zero-order chi connectivity index (χ0) is 17.8. The summed E-state index contributed by atoms with van der Waals surface area (Å²) in [7, 11) is 2.31. The van der Waals surface area contributed by atoms with E-state index in [0.717, 1.165) is 10.5 Å². The van der Waals surface area contributed by atoms with Crippen LogP contribution in [-0.2, 0) is 0 Å². The molecule has 0 amide bonds. The zero-order valence-electron chi connectivity index (χ0n) is 15.2. The molecule has 4 atom stereocenters. The third-order valence-corrected chi connectivity index (χ3v) is 7.78. The molecule has 2 aromatic carbocycles. The van der Waals surface area contributed by atoms with Gasteiger partial charge in [0.05, 0.1) is 15.2 Å². The lowest BCUT2D eigenvalue weighted by Crippen LogP contribution is -2.44. The van der Waals surface area contributed by atoms with Crippen molar-refractivity contribution in [1.82, 2.24) is 9.88 Å². The Balaban J connectivity index is 1.61. The van der Waals surface area contributed by atoms with Gasteiger partial charge in [-0.25, -0.2) is 4.98 Å². The number of piperidine rings is 1. The normalized spacial score (nSPS) is 28.7. The van der Waals surface area contributed by atoms with Crippen LogP contribution < -0.4 is 0 Å². The van der Waals surface area contributed by atoms with Gasteiger partial charge in [0.15, 0.2) is 0 Å². The summed E-state index contributed by atoms with van der Waals surface area (Å²) in [4.78, 5) is 7.71. The van der Waals surface area contributed by atoms with Gasteiger partial charge in [0.25, 0.3) is 0 Å². The Morgan fingerprint density at radius 3 is 2.73 bits per heavy atom. The van der Waals surface area contributed by atoms with Gasteiger partial charge in [-0.15, -0.1) is 11.3 Å². The third kappa shape index (κ3) is 2.69. The van der Waals surface area contributed by atoms with Gasteiger partial charge in [-0.2, -0.15) is 0 Å². The van der Waals surface area contributed by atoms with E-state index in [2.05, 4.69) is 49.2 Å². The highest BCUT2D eigenvalue weighted by Crippen LogP contribution is 2.52. The SMILES string of the molecule is Cc1ccc2nc([C@@H]3C4CC[C@H](C[C@@H]3c3ccc(Cl)cc3)N4C)sc2c1. The van der Waals surface area contributed by atoms with Crippen LogP contribution in [0.2, 0.25) is 5.02 Å². The molecule has 3 aromatic rings. The number of likely N-dealkylation sites (N-methyl/N-ethyl adjacent to an activating group) is 1. The highest BCUT2D eigenvalue weighted by molar-refractivity contribution is 7.18. The first-order valence-corrected chi connectivity index (χ1v) is 10.6. The minimum atomic E-state index is 0.470. The maximum atomic E-state index is 6.15. The van der Waals surface area contributed by atoms with E-state index in [1.165, 1.54) is 40.1 Å². The van der Waals surface area contributed by atoms with E-state index in [1.807, 2.05) is 23.5 Å². The summed E-state index contributed by atoms with van der Waals surface area (Å²) < 4.78 is 1.32. The van der Waals surface area contributed by atoms with E-state index >= 15 is 0 Å². The van der Waals surface area contributed by atoms with Crippen molar-refractivity contribution < 1.29 is 0 Å². The Kier molecular flexibility index (Phi) is 4.07. The lowest BCUT2D eigenvalue weighted by Gasteiger charge is -2.42. The van der Waals surface area contributed by atoms with Gasteiger partial charge in [0, 0.05) is 23.0 Å². The van der Waals surface area contributed by atoms with E-state index < -0.39 is 0 Å². The van der Waals surface area contributed by atoms with Gasteiger partial charge in [-0.3, -0.25) is 4.90 Å². The largest absolute Gasteiger partial charge is 0.300 e. The molecule has 4 heteroatoms. The number of fused-ring (bicyclic) bond motifs is 3. The number of hydrogen-bond acceptors (Lipinski definition) is 3. The van der Waals surface area contributed by atoms with Gasteiger partial charge in [-0.05, 0) is 74.5 Å². The molecule has 1 aromatic heterocycles. The average molecular weight is 383 g/mol. The second kappa shape index (κ2) is 6.33. The first-order chi connectivity index (χ1) is 12.6. The third-order valence-electron chi connectivity index (χ3n) is 6.41. The number of benzene rings is 2. The number of hydrogen-bond donors (Lipinski definition) is 0. The van der Waals surface area contributed by atoms with Gasteiger partial charge >= 0.3 is 0 Å². The van der Waals surface area contributed by atoms with Crippen LogP contribution in [-0.4, -0.2) is 29.0 Å². The van der Waals surface area contributed by atoms with E-state index in [4.69, 9.17) is 16.6 Å². The molecular formula is C22H23ClN2S. The molecule has 1 unspecified atom stereocenters. The molecule has 2 nitrogen and oxygen atoms in total. The summed E-state index contributed by atoms with van der Waals surface area (Å²) in [5.41, 5.74) is 3.87. The number of halogens is 1. The number of aryl methyl sites for hydroxylation is 1. The van der Waals surface area contributed by atoms with Crippen LogP contribution in [0.3, 0.4) is 0 Å². The predicted molar refractivity (Wildman–Crippen MR) is 110 cm³/mol. The summed E-state index contributed by atoms with van der Waals surface area (Å²) in [6.07, 6.45) is 3.81. The van der Waals surface area contributed by atoms with Crippen LogP contribution >= 0.6 is 22.9 Å². The molecule has 0 N–H and O–H groups in total. The summed E-state index contributed by atoms with van der Waals surface area (Å²) in [5, 5.41) is 2.12. The maximum absolute atomic E-state index is 6.15. The van der Waals surface area contributed by atoms with Crippen LogP contribution in [0, 0.1) is 6.92 Å². The molecule has 3 heterocycles. The molecule has 0 saturated carbocycles.